The molecule has 1 heterocycles. The molecule has 0 aromatic heterocycles. The highest BCUT2D eigenvalue weighted by Gasteiger charge is 2.31. The van der Waals surface area contributed by atoms with Gasteiger partial charge in [0.1, 0.15) is 0 Å². The van der Waals surface area contributed by atoms with Crippen molar-refractivity contribution >= 4 is 10.0 Å². The van der Waals surface area contributed by atoms with Crippen molar-refractivity contribution < 1.29 is 8.42 Å². The molecule has 0 bridgehead atoms. The lowest BCUT2D eigenvalue weighted by Gasteiger charge is -2.34. The van der Waals surface area contributed by atoms with Crippen molar-refractivity contribution in [2.24, 2.45) is 11.7 Å². The first-order valence-electron chi connectivity index (χ1n) is 6.23. The molecular formula is C13H20N2O2S. The number of hydrogen-bond acceptors (Lipinski definition) is 3. The second-order valence-corrected chi connectivity index (χ2v) is 7.05. The molecule has 1 fully saturated rings. The average Bonchev–Trinajstić information content (AvgIpc) is 2.32. The summed E-state index contributed by atoms with van der Waals surface area (Å²) in [4.78, 5) is 0.365. The minimum atomic E-state index is -3.39. The molecule has 0 radical (unpaired) electrons. The van der Waals surface area contributed by atoms with Crippen molar-refractivity contribution in [3.63, 3.8) is 0 Å². The molecule has 5 heteroatoms. The molecule has 0 amide bonds. The smallest absolute Gasteiger partial charge is 0.243 e. The van der Waals surface area contributed by atoms with Gasteiger partial charge in [-0.05, 0) is 37.0 Å². The lowest BCUT2D eigenvalue weighted by molar-refractivity contribution is 0.253. The SMILES string of the molecule is Cc1cccc(S(=O)(=O)N2CCC(C)C(N)C2)c1. The average molecular weight is 268 g/mol. The maximum atomic E-state index is 12.5. The van der Waals surface area contributed by atoms with Gasteiger partial charge in [0.25, 0.3) is 0 Å². The van der Waals surface area contributed by atoms with Crippen LogP contribution in [0.4, 0.5) is 0 Å². The van der Waals surface area contributed by atoms with E-state index < -0.39 is 10.0 Å². The maximum Gasteiger partial charge on any atom is 0.243 e. The van der Waals surface area contributed by atoms with E-state index in [1.165, 1.54) is 4.31 Å². The highest BCUT2D eigenvalue weighted by atomic mass is 32.2. The molecule has 0 spiro atoms. The fraction of sp³-hybridized carbons (Fsp3) is 0.538. The Morgan fingerprint density at radius 3 is 2.72 bits per heavy atom. The van der Waals surface area contributed by atoms with Gasteiger partial charge in [-0.1, -0.05) is 19.1 Å². The first kappa shape index (κ1) is 13.5. The Bertz CT molecular complexity index is 528. The highest BCUT2D eigenvalue weighted by molar-refractivity contribution is 7.89. The molecule has 2 N–H and O–H groups in total. The molecule has 1 aliphatic heterocycles. The van der Waals surface area contributed by atoms with Gasteiger partial charge in [0.05, 0.1) is 4.90 Å². The third kappa shape index (κ3) is 2.58. The zero-order valence-corrected chi connectivity index (χ0v) is 11.7. The highest BCUT2D eigenvalue weighted by Crippen LogP contribution is 2.23. The van der Waals surface area contributed by atoms with Crippen LogP contribution in [0.5, 0.6) is 0 Å². The molecule has 0 aliphatic carbocycles. The van der Waals surface area contributed by atoms with Crippen LogP contribution in [0.2, 0.25) is 0 Å². The van der Waals surface area contributed by atoms with E-state index in [1.54, 1.807) is 18.2 Å². The second kappa shape index (κ2) is 4.99. The first-order chi connectivity index (χ1) is 8.41. The summed E-state index contributed by atoms with van der Waals surface area (Å²) in [5.41, 5.74) is 6.92. The molecule has 2 atom stereocenters. The second-order valence-electron chi connectivity index (χ2n) is 5.11. The number of rotatable bonds is 2. The Labute approximate surface area is 109 Å². The zero-order valence-electron chi connectivity index (χ0n) is 10.8. The van der Waals surface area contributed by atoms with Crippen LogP contribution < -0.4 is 5.73 Å². The van der Waals surface area contributed by atoms with Crippen molar-refractivity contribution in [1.29, 1.82) is 0 Å². The lowest BCUT2D eigenvalue weighted by Crippen LogP contribution is -2.49. The van der Waals surface area contributed by atoms with Gasteiger partial charge in [0.15, 0.2) is 0 Å². The lowest BCUT2D eigenvalue weighted by atomic mass is 9.96. The van der Waals surface area contributed by atoms with Crippen molar-refractivity contribution in [3.05, 3.63) is 29.8 Å². The molecule has 1 aromatic rings. The summed E-state index contributed by atoms with van der Waals surface area (Å²) in [6.45, 7) is 4.94. The Balaban J connectivity index is 2.27. The molecule has 18 heavy (non-hydrogen) atoms. The Hall–Kier alpha value is -0.910. The largest absolute Gasteiger partial charge is 0.326 e. The number of piperidine rings is 1. The predicted octanol–water partition coefficient (Wildman–Crippen LogP) is 1.35. The summed E-state index contributed by atoms with van der Waals surface area (Å²) in [5, 5.41) is 0. The van der Waals surface area contributed by atoms with Crippen molar-refractivity contribution in [2.75, 3.05) is 13.1 Å². The van der Waals surface area contributed by atoms with Crippen LogP contribution in [0.15, 0.2) is 29.2 Å². The van der Waals surface area contributed by atoms with Gasteiger partial charge >= 0.3 is 0 Å². The van der Waals surface area contributed by atoms with E-state index in [-0.39, 0.29) is 6.04 Å². The fourth-order valence-corrected chi connectivity index (χ4v) is 3.81. The number of benzene rings is 1. The van der Waals surface area contributed by atoms with Gasteiger partial charge in [0, 0.05) is 19.1 Å². The normalized spacial score (nSPS) is 26.2. The molecule has 2 rings (SSSR count). The van der Waals surface area contributed by atoms with Crippen LogP contribution >= 0.6 is 0 Å². The van der Waals surface area contributed by atoms with E-state index in [0.29, 0.717) is 23.9 Å². The van der Waals surface area contributed by atoms with Gasteiger partial charge in [-0.15, -0.1) is 0 Å². The number of nitrogens with zero attached hydrogens (tertiary/aromatic N) is 1. The van der Waals surface area contributed by atoms with Crippen LogP contribution in [0.1, 0.15) is 18.9 Å². The molecule has 100 valence electrons. The zero-order chi connectivity index (χ0) is 13.3. The van der Waals surface area contributed by atoms with Gasteiger partial charge in [0.2, 0.25) is 10.0 Å². The number of aryl methyl sites for hydroxylation is 1. The van der Waals surface area contributed by atoms with E-state index in [2.05, 4.69) is 6.92 Å². The molecule has 4 nitrogen and oxygen atoms in total. The van der Waals surface area contributed by atoms with Gasteiger partial charge < -0.3 is 5.73 Å². The minimum absolute atomic E-state index is 0.0710. The maximum absolute atomic E-state index is 12.5. The summed E-state index contributed by atoms with van der Waals surface area (Å²) in [6.07, 6.45) is 0.826. The van der Waals surface area contributed by atoms with Crippen LogP contribution in [0, 0.1) is 12.8 Å². The topological polar surface area (TPSA) is 63.4 Å². The molecule has 1 saturated heterocycles. The van der Waals surface area contributed by atoms with E-state index in [0.717, 1.165) is 12.0 Å². The summed E-state index contributed by atoms with van der Waals surface area (Å²) < 4.78 is 26.4. The molecule has 0 saturated carbocycles. The summed E-state index contributed by atoms with van der Waals surface area (Å²) in [7, 11) is -3.39. The van der Waals surface area contributed by atoms with Crippen LogP contribution in [-0.2, 0) is 10.0 Å². The Morgan fingerprint density at radius 1 is 1.39 bits per heavy atom. The fourth-order valence-electron chi connectivity index (χ4n) is 2.21. The molecular weight excluding hydrogens is 248 g/mol. The van der Waals surface area contributed by atoms with E-state index >= 15 is 0 Å². The Morgan fingerprint density at radius 2 is 2.11 bits per heavy atom. The summed E-state index contributed by atoms with van der Waals surface area (Å²) in [5.74, 6) is 0.383. The van der Waals surface area contributed by atoms with Crippen molar-refractivity contribution in [2.45, 2.75) is 31.2 Å². The van der Waals surface area contributed by atoms with Crippen LogP contribution in [0.25, 0.3) is 0 Å². The standard InChI is InChI=1S/C13H20N2O2S/c1-10-4-3-5-12(8-10)18(16,17)15-7-6-11(2)13(14)9-15/h3-5,8,11,13H,6-7,9,14H2,1-2H3. The van der Waals surface area contributed by atoms with E-state index in [9.17, 15) is 8.42 Å². The number of hydrogen-bond donors (Lipinski definition) is 1. The quantitative estimate of drug-likeness (QED) is 0.880. The van der Waals surface area contributed by atoms with E-state index in [1.807, 2.05) is 13.0 Å². The third-order valence-corrected chi connectivity index (χ3v) is 5.47. The van der Waals surface area contributed by atoms with Crippen LogP contribution in [-0.4, -0.2) is 31.9 Å². The van der Waals surface area contributed by atoms with Crippen molar-refractivity contribution in [3.8, 4) is 0 Å². The van der Waals surface area contributed by atoms with E-state index in [4.69, 9.17) is 5.73 Å². The molecule has 1 aliphatic rings. The van der Waals surface area contributed by atoms with Gasteiger partial charge in [-0.25, -0.2) is 8.42 Å². The number of sulfonamides is 1. The number of nitrogens with two attached hydrogens (primary N) is 1. The predicted molar refractivity (Wildman–Crippen MR) is 71.7 cm³/mol. The molecule has 1 aromatic carbocycles. The molecule has 2 unspecified atom stereocenters. The van der Waals surface area contributed by atoms with Gasteiger partial charge in [-0.2, -0.15) is 4.31 Å². The van der Waals surface area contributed by atoms with Gasteiger partial charge in [-0.3, -0.25) is 0 Å². The first-order valence-corrected chi connectivity index (χ1v) is 7.67. The summed E-state index contributed by atoms with van der Waals surface area (Å²) in [6, 6.07) is 6.95. The van der Waals surface area contributed by atoms with Crippen molar-refractivity contribution in [1.82, 2.24) is 4.31 Å². The minimum Gasteiger partial charge on any atom is -0.326 e. The third-order valence-electron chi connectivity index (χ3n) is 3.61. The Kier molecular flexibility index (Phi) is 3.75. The monoisotopic (exact) mass is 268 g/mol. The summed E-state index contributed by atoms with van der Waals surface area (Å²) >= 11 is 0. The van der Waals surface area contributed by atoms with Crippen LogP contribution in [0.3, 0.4) is 0 Å².